The molecule has 1 fully saturated rings. The minimum atomic E-state index is -0.0636. The molecule has 0 atom stereocenters. The van der Waals surface area contributed by atoms with E-state index in [0.29, 0.717) is 12.5 Å². The van der Waals surface area contributed by atoms with Crippen LogP contribution in [0.1, 0.15) is 45.4 Å². The monoisotopic (exact) mass is 212 g/mol. The number of rotatable bonds is 5. The summed E-state index contributed by atoms with van der Waals surface area (Å²) < 4.78 is 0. The fourth-order valence-electron chi connectivity index (χ4n) is 1.84. The van der Waals surface area contributed by atoms with Crippen molar-refractivity contribution < 1.29 is 9.59 Å². The molecule has 0 aromatic heterocycles. The number of nitrogens with one attached hydrogen (secondary N) is 2. The van der Waals surface area contributed by atoms with E-state index in [4.69, 9.17) is 0 Å². The van der Waals surface area contributed by atoms with Crippen LogP contribution in [-0.2, 0) is 9.59 Å². The number of hydrogen-bond donors (Lipinski definition) is 2. The van der Waals surface area contributed by atoms with E-state index in [9.17, 15) is 9.59 Å². The molecule has 1 saturated carbocycles. The molecule has 4 heteroatoms. The highest BCUT2D eigenvalue weighted by atomic mass is 16.2. The van der Waals surface area contributed by atoms with Gasteiger partial charge in [-0.2, -0.15) is 0 Å². The summed E-state index contributed by atoms with van der Waals surface area (Å²) in [7, 11) is 0. The first-order valence-corrected chi connectivity index (χ1v) is 5.78. The smallest absolute Gasteiger partial charge is 0.239 e. The van der Waals surface area contributed by atoms with Gasteiger partial charge in [0.15, 0.2) is 0 Å². The quantitative estimate of drug-likeness (QED) is 0.713. The van der Waals surface area contributed by atoms with Gasteiger partial charge in [-0.1, -0.05) is 19.8 Å². The van der Waals surface area contributed by atoms with E-state index in [1.54, 1.807) is 0 Å². The molecule has 0 unspecified atom stereocenters. The van der Waals surface area contributed by atoms with Gasteiger partial charge in [0.05, 0.1) is 6.54 Å². The molecule has 1 rings (SSSR count). The maximum atomic E-state index is 11.4. The molecule has 1 aliphatic rings. The zero-order chi connectivity index (χ0) is 11.1. The van der Waals surface area contributed by atoms with Gasteiger partial charge in [-0.15, -0.1) is 0 Å². The van der Waals surface area contributed by atoms with Gasteiger partial charge in [-0.05, 0) is 19.3 Å². The van der Waals surface area contributed by atoms with Crippen LogP contribution in [0.2, 0.25) is 0 Å². The van der Waals surface area contributed by atoms with Crippen LogP contribution < -0.4 is 10.6 Å². The highest BCUT2D eigenvalue weighted by Crippen LogP contribution is 2.17. The van der Waals surface area contributed by atoms with Gasteiger partial charge < -0.3 is 10.6 Å². The number of carbonyl (C=O) groups is 2. The number of amides is 2. The van der Waals surface area contributed by atoms with Crippen LogP contribution >= 0.6 is 0 Å². The summed E-state index contributed by atoms with van der Waals surface area (Å²) in [5.74, 6) is -0.106. The van der Waals surface area contributed by atoms with E-state index < -0.39 is 0 Å². The fraction of sp³-hybridized carbons (Fsp3) is 0.818. The SMILES string of the molecule is CCCC(=O)NCC(=O)NC1CCCC1. The minimum Gasteiger partial charge on any atom is -0.352 e. The van der Waals surface area contributed by atoms with Gasteiger partial charge >= 0.3 is 0 Å². The number of hydrogen-bond acceptors (Lipinski definition) is 2. The van der Waals surface area contributed by atoms with Crippen LogP contribution in [-0.4, -0.2) is 24.4 Å². The third-order valence-electron chi connectivity index (χ3n) is 2.64. The Balaban J connectivity index is 2.10. The second-order valence-electron chi connectivity index (χ2n) is 4.08. The molecule has 0 saturated heterocycles. The average Bonchev–Trinajstić information content (AvgIpc) is 2.68. The Morgan fingerprint density at radius 1 is 1.20 bits per heavy atom. The van der Waals surface area contributed by atoms with Crippen LogP contribution in [0.3, 0.4) is 0 Å². The van der Waals surface area contributed by atoms with E-state index in [2.05, 4.69) is 10.6 Å². The summed E-state index contributed by atoms with van der Waals surface area (Å²) in [5.41, 5.74) is 0. The Bertz CT molecular complexity index is 223. The second-order valence-corrected chi connectivity index (χ2v) is 4.08. The van der Waals surface area contributed by atoms with Crippen LogP contribution in [0.4, 0.5) is 0 Å². The highest BCUT2D eigenvalue weighted by molar-refractivity contribution is 5.84. The predicted octanol–water partition coefficient (Wildman–Crippen LogP) is 0.961. The maximum Gasteiger partial charge on any atom is 0.239 e. The Morgan fingerprint density at radius 2 is 1.87 bits per heavy atom. The van der Waals surface area contributed by atoms with Crippen molar-refractivity contribution in [2.24, 2.45) is 0 Å². The van der Waals surface area contributed by atoms with Gasteiger partial charge in [0.2, 0.25) is 11.8 Å². The van der Waals surface area contributed by atoms with E-state index in [-0.39, 0.29) is 18.4 Å². The molecular weight excluding hydrogens is 192 g/mol. The van der Waals surface area contributed by atoms with Crippen molar-refractivity contribution in [3.8, 4) is 0 Å². The van der Waals surface area contributed by atoms with Crippen molar-refractivity contribution in [1.29, 1.82) is 0 Å². The summed E-state index contributed by atoms with van der Waals surface area (Å²) in [6.07, 6.45) is 5.87. The first kappa shape index (κ1) is 12.0. The average molecular weight is 212 g/mol. The molecule has 0 aromatic rings. The van der Waals surface area contributed by atoms with Crippen LogP contribution in [0.15, 0.2) is 0 Å². The van der Waals surface area contributed by atoms with Crippen molar-refractivity contribution >= 4 is 11.8 Å². The van der Waals surface area contributed by atoms with E-state index >= 15 is 0 Å². The van der Waals surface area contributed by atoms with Crippen molar-refractivity contribution in [2.45, 2.75) is 51.5 Å². The Kier molecular flexibility index (Phi) is 5.15. The summed E-state index contributed by atoms with van der Waals surface area (Å²) in [5, 5.41) is 5.53. The van der Waals surface area contributed by atoms with Gasteiger partial charge in [0.1, 0.15) is 0 Å². The fourth-order valence-corrected chi connectivity index (χ4v) is 1.84. The van der Waals surface area contributed by atoms with Gasteiger partial charge in [0, 0.05) is 12.5 Å². The highest BCUT2D eigenvalue weighted by Gasteiger charge is 2.16. The van der Waals surface area contributed by atoms with E-state index in [0.717, 1.165) is 19.3 Å². The summed E-state index contributed by atoms with van der Waals surface area (Å²) in [4.78, 5) is 22.5. The van der Waals surface area contributed by atoms with Gasteiger partial charge in [-0.3, -0.25) is 9.59 Å². The zero-order valence-electron chi connectivity index (χ0n) is 9.34. The molecule has 15 heavy (non-hydrogen) atoms. The third-order valence-corrected chi connectivity index (χ3v) is 2.64. The molecule has 0 heterocycles. The molecule has 0 aliphatic heterocycles. The topological polar surface area (TPSA) is 58.2 Å². The van der Waals surface area contributed by atoms with Crippen molar-refractivity contribution in [3.63, 3.8) is 0 Å². The number of carbonyl (C=O) groups excluding carboxylic acids is 2. The summed E-state index contributed by atoms with van der Waals surface area (Å²) >= 11 is 0. The van der Waals surface area contributed by atoms with Gasteiger partial charge in [0.25, 0.3) is 0 Å². The summed E-state index contributed by atoms with van der Waals surface area (Å²) in [6.45, 7) is 2.06. The first-order chi connectivity index (χ1) is 7.22. The molecule has 0 spiro atoms. The third kappa shape index (κ3) is 4.81. The molecule has 4 nitrogen and oxygen atoms in total. The standard InChI is InChI=1S/C11H20N2O2/c1-2-5-10(14)12-8-11(15)13-9-6-3-4-7-9/h9H,2-8H2,1H3,(H,12,14)(H,13,15). The lowest BCUT2D eigenvalue weighted by molar-refractivity contribution is -0.126. The molecule has 1 aliphatic carbocycles. The predicted molar refractivity (Wildman–Crippen MR) is 58.3 cm³/mol. The van der Waals surface area contributed by atoms with Crippen LogP contribution in [0.25, 0.3) is 0 Å². The lowest BCUT2D eigenvalue weighted by Gasteiger charge is -2.12. The Hall–Kier alpha value is -1.06. The zero-order valence-corrected chi connectivity index (χ0v) is 9.34. The van der Waals surface area contributed by atoms with Crippen LogP contribution in [0.5, 0.6) is 0 Å². The lowest BCUT2D eigenvalue weighted by atomic mass is 10.2. The van der Waals surface area contributed by atoms with E-state index in [1.807, 2.05) is 6.92 Å². The maximum absolute atomic E-state index is 11.4. The largest absolute Gasteiger partial charge is 0.352 e. The molecule has 86 valence electrons. The minimum absolute atomic E-state index is 0.0425. The molecule has 2 N–H and O–H groups in total. The molecular formula is C11H20N2O2. The van der Waals surface area contributed by atoms with Crippen LogP contribution in [0, 0.1) is 0 Å². The Morgan fingerprint density at radius 3 is 2.47 bits per heavy atom. The molecule has 0 radical (unpaired) electrons. The molecule has 0 bridgehead atoms. The normalized spacial score (nSPS) is 16.3. The summed E-state index contributed by atoms with van der Waals surface area (Å²) in [6, 6.07) is 0.334. The lowest BCUT2D eigenvalue weighted by Crippen LogP contribution is -2.40. The van der Waals surface area contributed by atoms with Crippen molar-refractivity contribution in [1.82, 2.24) is 10.6 Å². The van der Waals surface area contributed by atoms with Crippen molar-refractivity contribution in [3.05, 3.63) is 0 Å². The molecule has 0 aromatic carbocycles. The second kappa shape index (κ2) is 6.43. The first-order valence-electron chi connectivity index (χ1n) is 5.78. The van der Waals surface area contributed by atoms with Crippen molar-refractivity contribution in [2.75, 3.05) is 6.54 Å². The molecule has 2 amide bonds. The Labute approximate surface area is 90.8 Å². The van der Waals surface area contributed by atoms with Gasteiger partial charge in [-0.25, -0.2) is 0 Å². The van der Waals surface area contributed by atoms with E-state index in [1.165, 1.54) is 12.8 Å².